The molecule has 0 saturated carbocycles. The van der Waals surface area contributed by atoms with Crippen molar-refractivity contribution >= 4 is 10.0 Å². The molecule has 20 heavy (non-hydrogen) atoms. The number of nitrogens with zero attached hydrogens (tertiary/aromatic N) is 1. The first-order valence-electron chi connectivity index (χ1n) is 7.00. The molecule has 0 aromatic heterocycles. The van der Waals surface area contributed by atoms with Crippen LogP contribution in [0.5, 0.6) is 5.75 Å². The zero-order chi connectivity index (χ0) is 14.2. The van der Waals surface area contributed by atoms with E-state index in [1.54, 1.807) is 28.6 Å². The number of fused-ring (bicyclic) bond motifs is 2. The first-order valence-corrected chi connectivity index (χ1v) is 8.44. The fraction of sp³-hybridized carbons (Fsp3) is 0.538. The van der Waals surface area contributed by atoms with Crippen LogP contribution in [0.4, 0.5) is 0 Å². The fourth-order valence-corrected chi connectivity index (χ4v) is 4.39. The Labute approximate surface area is 119 Å². The van der Waals surface area contributed by atoms with Crippen LogP contribution in [0.1, 0.15) is 6.92 Å². The molecule has 3 rings (SSSR count). The van der Waals surface area contributed by atoms with Gasteiger partial charge in [0.15, 0.2) is 13.3 Å². The van der Waals surface area contributed by atoms with Crippen LogP contribution in [0.3, 0.4) is 0 Å². The molecule has 2 atom stereocenters. The lowest BCUT2D eigenvalue weighted by molar-refractivity contribution is -1.06. The van der Waals surface area contributed by atoms with E-state index < -0.39 is 10.0 Å². The van der Waals surface area contributed by atoms with Crippen molar-refractivity contribution in [2.24, 2.45) is 0 Å². The average molecular weight is 299 g/mol. The van der Waals surface area contributed by atoms with Crippen molar-refractivity contribution in [2.75, 3.05) is 39.7 Å². The molecule has 1 aromatic carbocycles. The molecular formula is C13H21N3O3S+2. The predicted octanol–water partition coefficient (Wildman–Crippen LogP) is -2.25. The minimum absolute atomic E-state index is 0.350. The van der Waals surface area contributed by atoms with Gasteiger partial charge in [0.05, 0.1) is 11.5 Å². The van der Waals surface area contributed by atoms with E-state index in [0.29, 0.717) is 30.6 Å². The van der Waals surface area contributed by atoms with Crippen LogP contribution in [-0.4, -0.2) is 52.4 Å². The molecule has 2 bridgehead atoms. The first kappa shape index (κ1) is 13.8. The highest BCUT2D eigenvalue weighted by Crippen LogP contribution is 2.18. The molecule has 110 valence electrons. The van der Waals surface area contributed by atoms with Crippen LogP contribution in [0.15, 0.2) is 29.2 Å². The zero-order valence-electron chi connectivity index (χ0n) is 11.6. The largest absolute Gasteiger partial charge is 0.494 e. The van der Waals surface area contributed by atoms with Gasteiger partial charge in [-0.15, -0.1) is 0 Å². The second-order valence-electron chi connectivity index (χ2n) is 5.35. The summed E-state index contributed by atoms with van der Waals surface area (Å²) in [5, 5.41) is 0. The van der Waals surface area contributed by atoms with Gasteiger partial charge in [0.25, 0.3) is 10.0 Å². The van der Waals surface area contributed by atoms with Crippen molar-refractivity contribution in [1.82, 2.24) is 4.31 Å². The molecule has 2 N–H and O–H groups in total. The first-order chi connectivity index (χ1) is 9.59. The number of hydrogen-bond acceptors (Lipinski definition) is 3. The number of quaternary nitrogens is 2. The smallest absolute Gasteiger partial charge is 0.252 e. The average Bonchev–Trinajstić information content (AvgIpc) is 2.78. The van der Waals surface area contributed by atoms with Gasteiger partial charge < -0.3 is 4.74 Å². The summed E-state index contributed by atoms with van der Waals surface area (Å²) < 4.78 is 32.2. The number of ether oxygens (including phenoxy) is 1. The van der Waals surface area contributed by atoms with E-state index in [9.17, 15) is 8.42 Å². The maximum absolute atomic E-state index is 12.6. The second-order valence-corrected chi connectivity index (χ2v) is 7.29. The molecule has 2 fully saturated rings. The van der Waals surface area contributed by atoms with Gasteiger partial charge in [-0.3, -0.25) is 9.80 Å². The third-order valence-corrected chi connectivity index (χ3v) is 5.71. The van der Waals surface area contributed by atoms with Crippen LogP contribution < -0.4 is 14.5 Å². The Bertz CT molecular complexity index is 561. The monoisotopic (exact) mass is 299 g/mol. The summed E-state index contributed by atoms with van der Waals surface area (Å²) in [6.07, 6.45) is 0. The van der Waals surface area contributed by atoms with Crippen LogP contribution >= 0.6 is 0 Å². The van der Waals surface area contributed by atoms with E-state index in [-0.39, 0.29) is 0 Å². The van der Waals surface area contributed by atoms with Gasteiger partial charge in [-0.25, -0.2) is 8.42 Å². The number of benzene rings is 1. The molecule has 2 aliphatic heterocycles. The topological polar surface area (TPSA) is 55.5 Å². The van der Waals surface area contributed by atoms with Crippen molar-refractivity contribution in [2.45, 2.75) is 11.8 Å². The molecule has 1 aromatic rings. The number of sulfonamides is 1. The molecule has 7 heteroatoms. The SMILES string of the molecule is CCOc1ccc(S(=O)(=O)N2C[NH+]3CC[NH+](C2)C3)cc1. The van der Waals surface area contributed by atoms with Gasteiger partial charge in [-0.05, 0) is 31.2 Å². The van der Waals surface area contributed by atoms with Crippen LogP contribution in [-0.2, 0) is 10.0 Å². The van der Waals surface area contributed by atoms with Crippen LogP contribution in [0.2, 0.25) is 0 Å². The molecular weight excluding hydrogens is 278 g/mol. The third kappa shape index (κ3) is 2.54. The summed E-state index contributed by atoms with van der Waals surface area (Å²) >= 11 is 0. The quantitative estimate of drug-likeness (QED) is 0.660. The van der Waals surface area contributed by atoms with Crippen molar-refractivity contribution in [3.8, 4) is 5.75 Å². The lowest BCUT2D eigenvalue weighted by Crippen LogP contribution is -3.28. The maximum atomic E-state index is 12.6. The third-order valence-electron chi connectivity index (χ3n) is 3.90. The predicted molar refractivity (Wildman–Crippen MR) is 72.9 cm³/mol. The van der Waals surface area contributed by atoms with Gasteiger partial charge in [0.2, 0.25) is 6.67 Å². The molecule has 2 heterocycles. The summed E-state index contributed by atoms with van der Waals surface area (Å²) in [7, 11) is -3.38. The van der Waals surface area contributed by atoms with Crippen molar-refractivity contribution < 1.29 is 23.0 Å². The summed E-state index contributed by atoms with van der Waals surface area (Å²) in [5.74, 6) is 0.703. The minimum atomic E-state index is -3.38. The van der Waals surface area contributed by atoms with E-state index in [2.05, 4.69) is 0 Å². The van der Waals surface area contributed by atoms with Gasteiger partial charge in [0.1, 0.15) is 18.8 Å². The lowest BCUT2D eigenvalue weighted by atomic mass is 10.3. The van der Waals surface area contributed by atoms with Crippen LogP contribution in [0.25, 0.3) is 0 Å². The van der Waals surface area contributed by atoms with Crippen molar-refractivity contribution in [3.63, 3.8) is 0 Å². The number of hydrogen-bond donors (Lipinski definition) is 2. The van der Waals surface area contributed by atoms with Gasteiger partial charge in [0, 0.05) is 0 Å². The summed E-state index contributed by atoms with van der Waals surface area (Å²) in [4.78, 5) is 3.05. The van der Waals surface area contributed by atoms with E-state index in [0.717, 1.165) is 19.8 Å². The molecule has 0 spiro atoms. The highest BCUT2D eigenvalue weighted by atomic mass is 32.2. The highest BCUT2D eigenvalue weighted by Gasteiger charge is 2.41. The molecule has 0 aliphatic carbocycles. The minimum Gasteiger partial charge on any atom is -0.494 e. The number of rotatable bonds is 4. The molecule has 0 radical (unpaired) electrons. The summed E-state index contributed by atoms with van der Waals surface area (Å²) in [5.41, 5.74) is 0. The summed E-state index contributed by atoms with van der Waals surface area (Å²) in [6.45, 7) is 6.81. The Kier molecular flexibility index (Phi) is 3.68. The lowest BCUT2D eigenvalue weighted by Gasteiger charge is -2.28. The van der Waals surface area contributed by atoms with Gasteiger partial charge in [-0.1, -0.05) is 4.31 Å². The van der Waals surface area contributed by atoms with Gasteiger partial charge in [-0.2, -0.15) is 0 Å². The standard InChI is InChI=1S/C13H19N3O3S/c1-2-19-12-3-5-13(6-4-12)20(17,18)16-10-14-7-8-15(9-14)11-16/h3-6H,2,7-11H2,1H3/p+2. The maximum Gasteiger partial charge on any atom is 0.252 e. The Morgan fingerprint density at radius 1 is 1.15 bits per heavy atom. The zero-order valence-corrected chi connectivity index (χ0v) is 12.4. The van der Waals surface area contributed by atoms with Gasteiger partial charge >= 0.3 is 0 Å². The Balaban J connectivity index is 1.80. The van der Waals surface area contributed by atoms with Crippen molar-refractivity contribution in [3.05, 3.63) is 24.3 Å². The summed E-state index contributed by atoms with van der Waals surface area (Å²) in [6, 6.07) is 6.70. The van der Waals surface area contributed by atoms with E-state index >= 15 is 0 Å². The van der Waals surface area contributed by atoms with Crippen molar-refractivity contribution in [1.29, 1.82) is 0 Å². The van der Waals surface area contributed by atoms with Crippen LogP contribution in [0, 0.1) is 0 Å². The molecule has 2 unspecified atom stereocenters. The van der Waals surface area contributed by atoms with E-state index in [4.69, 9.17) is 4.74 Å². The second kappa shape index (κ2) is 5.33. The normalized spacial score (nSPS) is 26.6. The Morgan fingerprint density at radius 3 is 2.30 bits per heavy atom. The molecule has 6 nitrogen and oxygen atoms in total. The molecule has 2 saturated heterocycles. The van der Waals surface area contributed by atoms with E-state index in [1.807, 2.05) is 6.92 Å². The molecule has 2 aliphatic rings. The number of nitrogens with one attached hydrogen (secondary N) is 2. The fourth-order valence-electron chi connectivity index (χ4n) is 2.90. The molecule has 0 amide bonds. The highest BCUT2D eigenvalue weighted by molar-refractivity contribution is 7.89. The Morgan fingerprint density at radius 2 is 1.75 bits per heavy atom. The van der Waals surface area contributed by atoms with E-state index in [1.165, 1.54) is 9.80 Å². The Hall–Kier alpha value is -1.15.